The molecule has 0 unspecified atom stereocenters. The van der Waals surface area contributed by atoms with Crippen LogP contribution in [0.5, 0.6) is 17.2 Å². The van der Waals surface area contributed by atoms with Crippen LogP contribution in [0.4, 0.5) is 0 Å². The lowest BCUT2D eigenvalue weighted by atomic mass is 10.1. The van der Waals surface area contributed by atoms with Crippen molar-refractivity contribution < 1.29 is 18.9 Å². The Morgan fingerprint density at radius 1 is 1.07 bits per heavy atom. The van der Waals surface area contributed by atoms with E-state index in [2.05, 4.69) is 22.5 Å². The van der Waals surface area contributed by atoms with Gasteiger partial charge in [-0.05, 0) is 25.8 Å². The van der Waals surface area contributed by atoms with Crippen molar-refractivity contribution in [2.24, 2.45) is 4.99 Å². The number of aliphatic imine (C=N–C) groups is 1. The molecule has 1 fully saturated rings. The molecule has 0 radical (unpaired) electrons. The van der Waals surface area contributed by atoms with Crippen molar-refractivity contribution in [2.45, 2.75) is 19.8 Å². The smallest absolute Gasteiger partial charge is 0.203 e. The maximum atomic E-state index is 5.56. The van der Waals surface area contributed by atoms with E-state index in [1.54, 1.807) is 21.3 Å². The zero-order valence-electron chi connectivity index (χ0n) is 18.3. The molecule has 29 heavy (non-hydrogen) atoms. The van der Waals surface area contributed by atoms with E-state index in [0.717, 1.165) is 76.8 Å². The lowest BCUT2D eigenvalue weighted by molar-refractivity contribution is 0.0377. The van der Waals surface area contributed by atoms with Crippen molar-refractivity contribution in [3.63, 3.8) is 0 Å². The van der Waals surface area contributed by atoms with Gasteiger partial charge < -0.3 is 29.6 Å². The Balaban J connectivity index is 1.85. The third kappa shape index (κ3) is 7.29. The number of guanidine groups is 1. The van der Waals surface area contributed by atoms with E-state index in [9.17, 15) is 0 Å². The minimum absolute atomic E-state index is 0.621. The fourth-order valence-electron chi connectivity index (χ4n) is 3.33. The number of rotatable bonds is 11. The Morgan fingerprint density at radius 2 is 1.83 bits per heavy atom. The van der Waals surface area contributed by atoms with E-state index in [4.69, 9.17) is 23.9 Å². The Hall–Kier alpha value is -2.19. The van der Waals surface area contributed by atoms with E-state index >= 15 is 0 Å². The summed E-state index contributed by atoms with van der Waals surface area (Å²) < 4.78 is 21.8. The second kappa shape index (κ2) is 13.1. The number of benzene rings is 1. The van der Waals surface area contributed by atoms with Crippen LogP contribution in [-0.2, 0) is 11.2 Å². The van der Waals surface area contributed by atoms with Crippen LogP contribution in [0.1, 0.15) is 18.9 Å². The molecule has 8 heteroatoms. The molecule has 164 valence electrons. The number of morpholine rings is 1. The molecule has 0 spiro atoms. The van der Waals surface area contributed by atoms with Gasteiger partial charge in [0, 0.05) is 44.8 Å². The van der Waals surface area contributed by atoms with Gasteiger partial charge in [0.15, 0.2) is 17.5 Å². The summed E-state index contributed by atoms with van der Waals surface area (Å²) in [4.78, 5) is 7.13. The van der Waals surface area contributed by atoms with Crippen LogP contribution < -0.4 is 24.8 Å². The monoisotopic (exact) mass is 408 g/mol. The van der Waals surface area contributed by atoms with Gasteiger partial charge in [-0.25, -0.2) is 0 Å². The van der Waals surface area contributed by atoms with Crippen molar-refractivity contribution in [3.8, 4) is 17.2 Å². The van der Waals surface area contributed by atoms with E-state index in [-0.39, 0.29) is 0 Å². The largest absolute Gasteiger partial charge is 0.493 e. The topological polar surface area (TPSA) is 76.6 Å². The maximum Gasteiger partial charge on any atom is 0.203 e. The third-order valence-corrected chi connectivity index (χ3v) is 4.82. The van der Waals surface area contributed by atoms with Crippen LogP contribution in [-0.4, -0.2) is 84.7 Å². The number of hydrogen-bond acceptors (Lipinski definition) is 6. The van der Waals surface area contributed by atoms with Gasteiger partial charge >= 0.3 is 0 Å². The van der Waals surface area contributed by atoms with Crippen LogP contribution in [0.2, 0.25) is 0 Å². The minimum atomic E-state index is 0.621. The van der Waals surface area contributed by atoms with Crippen LogP contribution in [0.3, 0.4) is 0 Å². The molecular formula is C21H36N4O4. The highest BCUT2D eigenvalue weighted by atomic mass is 16.5. The third-order valence-electron chi connectivity index (χ3n) is 4.82. The Morgan fingerprint density at radius 3 is 2.48 bits per heavy atom. The predicted molar refractivity (Wildman–Crippen MR) is 116 cm³/mol. The molecule has 0 bridgehead atoms. The van der Waals surface area contributed by atoms with E-state index in [1.165, 1.54) is 0 Å². The predicted octanol–water partition coefficient (Wildman–Crippen LogP) is 1.53. The molecule has 1 aromatic carbocycles. The average Bonchev–Trinajstić information content (AvgIpc) is 2.76. The second-order valence-electron chi connectivity index (χ2n) is 6.74. The fourth-order valence-corrected chi connectivity index (χ4v) is 3.33. The lowest BCUT2D eigenvalue weighted by Gasteiger charge is -2.26. The van der Waals surface area contributed by atoms with Crippen molar-refractivity contribution in [1.82, 2.24) is 15.5 Å². The van der Waals surface area contributed by atoms with Gasteiger partial charge in [0.05, 0.1) is 34.5 Å². The van der Waals surface area contributed by atoms with E-state index in [1.807, 2.05) is 12.1 Å². The second-order valence-corrected chi connectivity index (χ2v) is 6.74. The lowest BCUT2D eigenvalue weighted by Crippen LogP contribution is -2.39. The first kappa shape index (κ1) is 23.1. The highest BCUT2D eigenvalue weighted by Crippen LogP contribution is 2.39. The number of hydrogen-bond donors (Lipinski definition) is 2. The normalized spacial score (nSPS) is 15.1. The maximum absolute atomic E-state index is 5.56. The van der Waals surface area contributed by atoms with Crippen molar-refractivity contribution in [3.05, 3.63) is 17.7 Å². The van der Waals surface area contributed by atoms with Gasteiger partial charge in [0.25, 0.3) is 0 Å². The van der Waals surface area contributed by atoms with Crippen LogP contribution in [0.15, 0.2) is 17.1 Å². The quantitative estimate of drug-likeness (QED) is 0.327. The number of nitrogens with one attached hydrogen (secondary N) is 2. The van der Waals surface area contributed by atoms with Crippen LogP contribution in [0, 0.1) is 0 Å². The summed E-state index contributed by atoms with van der Waals surface area (Å²) in [5.41, 5.74) is 1.06. The summed E-state index contributed by atoms with van der Waals surface area (Å²) in [6.07, 6.45) is 1.82. The van der Waals surface area contributed by atoms with Crippen molar-refractivity contribution >= 4 is 5.96 Å². The SMILES string of the molecule is CCNC(=NCCCN1CCOCC1)NCCc1ccc(OC)c(OC)c1OC. The molecule has 0 aromatic heterocycles. The molecule has 1 heterocycles. The first-order chi connectivity index (χ1) is 14.2. The minimum Gasteiger partial charge on any atom is -0.493 e. The first-order valence-electron chi connectivity index (χ1n) is 10.3. The summed E-state index contributed by atoms with van der Waals surface area (Å²) in [6, 6.07) is 3.91. The fraction of sp³-hybridized carbons (Fsp3) is 0.667. The van der Waals surface area contributed by atoms with Gasteiger partial charge in [0.1, 0.15) is 0 Å². The zero-order valence-corrected chi connectivity index (χ0v) is 18.3. The summed E-state index contributed by atoms with van der Waals surface area (Å²) in [7, 11) is 4.89. The van der Waals surface area contributed by atoms with Crippen molar-refractivity contribution in [1.29, 1.82) is 0 Å². The Kier molecular flexibility index (Phi) is 10.4. The molecule has 0 atom stereocenters. The Labute approximate surface area is 174 Å². The summed E-state index contributed by atoms with van der Waals surface area (Å²) in [5.74, 6) is 2.84. The van der Waals surface area contributed by atoms with Gasteiger partial charge in [-0.3, -0.25) is 9.89 Å². The van der Waals surface area contributed by atoms with E-state index in [0.29, 0.717) is 17.2 Å². The van der Waals surface area contributed by atoms with Gasteiger partial charge in [0.2, 0.25) is 5.75 Å². The Bertz CT molecular complexity index is 633. The van der Waals surface area contributed by atoms with Gasteiger partial charge in [-0.15, -0.1) is 0 Å². The molecule has 2 rings (SSSR count). The zero-order chi connectivity index (χ0) is 20.9. The summed E-state index contributed by atoms with van der Waals surface area (Å²) in [5, 5.41) is 6.71. The molecule has 1 aromatic rings. The standard InChI is InChI=1S/C21H36N4O4/c1-5-22-21(23-10-6-12-25-13-15-29-16-14-25)24-11-9-17-7-8-18(26-2)20(28-4)19(17)27-3/h7-8H,5-6,9-16H2,1-4H3,(H2,22,23,24). The molecule has 1 saturated heterocycles. The highest BCUT2D eigenvalue weighted by molar-refractivity contribution is 5.79. The molecule has 8 nitrogen and oxygen atoms in total. The molecule has 1 aliphatic rings. The number of nitrogens with zero attached hydrogens (tertiary/aromatic N) is 2. The van der Waals surface area contributed by atoms with Gasteiger partial charge in [-0.1, -0.05) is 6.07 Å². The van der Waals surface area contributed by atoms with Crippen molar-refractivity contribution in [2.75, 3.05) is 73.8 Å². The molecule has 0 amide bonds. The molecule has 2 N–H and O–H groups in total. The summed E-state index contributed by atoms with van der Waals surface area (Å²) in [6.45, 7) is 9.23. The van der Waals surface area contributed by atoms with Gasteiger partial charge in [-0.2, -0.15) is 0 Å². The molecule has 0 aliphatic carbocycles. The number of ether oxygens (including phenoxy) is 4. The average molecular weight is 409 g/mol. The summed E-state index contributed by atoms with van der Waals surface area (Å²) >= 11 is 0. The highest BCUT2D eigenvalue weighted by Gasteiger charge is 2.15. The van der Waals surface area contributed by atoms with Crippen LogP contribution >= 0.6 is 0 Å². The molecule has 0 saturated carbocycles. The molecular weight excluding hydrogens is 372 g/mol. The molecule has 1 aliphatic heterocycles. The van der Waals surface area contributed by atoms with E-state index < -0.39 is 0 Å². The first-order valence-corrected chi connectivity index (χ1v) is 10.3. The van der Waals surface area contributed by atoms with Crippen LogP contribution in [0.25, 0.3) is 0 Å². The number of methoxy groups -OCH3 is 3.